The van der Waals surface area contributed by atoms with Crippen molar-refractivity contribution in [3.8, 4) is 0 Å². The van der Waals surface area contributed by atoms with Gasteiger partial charge in [0, 0.05) is 26.3 Å². The maximum absolute atomic E-state index is 11.8. The van der Waals surface area contributed by atoms with Gasteiger partial charge in [0.05, 0.1) is 0 Å². The van der Waals surface area contributed by atoms with Gasteiger partial charge in [0.15, 0.2) is 0 Å². The van der Waals surface area contributed by atoms with Crippen LogP contribution in [0.1, 0.15) is 25.7 Å². The number of alkyl halides is 3. The van der Waals surface area contributed by atoms with Gasteiger partial charge in [-0.2, -0.15) is 13.2 Å². The maximum atomic E-state index is 11.8. The fraction of sp³-hybridized carbons (Fsp3) is 1.00. The molecule has 0 radical (unpaired) electrons. The van der Waals surface area contributed by atoms with E-state index < -0.39 is 12.8 Å². The maximum Gasteiger partial charge on any atom is 0.411 e. The molecule has 0 bridgehead atoms. The number of hydrogen-bond donors (Lipinski definition) is 1. The molecule has 1 aliphatic heterocycles. The molecule has 0 aliphatic carbocycles. The van der Waals surface area contributed by atoms with Crippen molar-refractivity contribution in [3.63, 3.8) is 0 Å². The van der Waals surface area contributed by atoms with E-state index in [0.717, 1.165) is 38.9 Å². The van der Waals surface area contributed by atoms with Crippen LogP contribution in [0.5, 0.6) is 0 Å². The third kappa shape index (κ3) is 7.18. The first-order chi connectivity index (χ1) is 8.51. The average molecular weight is 269 g/mol. The van der Waals surface area contributed by atoms with Gasteiger partial charge in [-0.15, -0.1) is 0 Å². The van der Waals surface area contributed by atoms with E-state index in [4.69, 9.17) is 5.11 Å². The third-order valence-electron chi connectivity index (χ3n) is 3.17. The zero-order chi connectivity index (χ0) is 13.4. The summed E-state index contributed by atoms with van der Waals surface area (Å²) in [5.41, 5.74) is 0. The molecule has 3 nitrogen and oxygen atoms in total. The molecular formula is C12H22F3NO2. The Morgan fingerprint density at radius 2 is 2.11 bits per heavy atom. The molecule has 0 aromatic carbocycles. The van der Waals surface area contributed by atoms with Gasteiger partial charge in [0.2, 0.25) is 0 Å². The highest BCUT2D eigenvalue weighted by Gasteiger charge is 2.27. The van der Waals surface area contributed by atoms with Crippen molar-refractivity contribution >= 4 is 0 Å². The number of aliphatic hydroxyl groups excluding tert-OH is 1. The van der Waals surface area contributed by atoms with Gasteiger partial charge in [-0.05, 0) is 38.1 Å². The highest BCUT2D eigenvalue weighted by molar-refractivity contribution is 4.72. The largest absolute Gasteiger partial charge is 0.411 e. The summed E-state index contributed by atoms with van der Waals surface area (Å²) >= 11 is 0. The van der Waals surface area contributed by atoms with Gasteiger partial charge >= 0.3 is 6.18 Å². The average Bonchev–Trinajstić information content (AvgIpc) is 2.28. The van der Waals surface area contributed by atoms with Crippen LogP contribution in [0.25, 0.3) is 0 Å². The smallest absolute Gasteiger partial charge is 0.396 e. The second kappa shape index (κ2) is 7.96. The molecule has 108 valence electrons. The van der Waals surface area contributed by atoms with Gasteiger partial charge in [0.25, 0.3) is 0 Å². The molecule has 0 amide bonds. The number of hydrogen-bond acceptors (Lipinski definition) is 3. The molecule has 1 heterocycles. The van der Waals surface area contributed by atoms with Crippen molar-refractivity contribution in [3.05, 3.63) is 0 Å². The van der Waals surface area contributed by atoms with Crippen molar-refractivity contribution in [1.82, 2.24) is 4.90 Å². The topological polar surface area (TPSA) is 32.7 Å². The number of nitrogens with zero attached hydrogens (tertiary/aromatic N) is 1. The van der Waals surface area contributed by atoms with Crippen LogP contribution in [0, 0.1) is 5.92 Å². The summed E-state index contributed by atoms with van der Waals surface area (Å²) in [6.45, 7) is 1.94. The Labute approximate surface area is 106 Å². The summed E-state index contributed by atoms with van der Waals surface area (Å²) in [7, 11) is 0. The molecule has 1 saturated heterocycles. The van der Waals surface area contributed by atoms with E-state index in [2.05, 4.69) is 9.64 Å². The standard InChI is InChI=1S/C12H22F3NO2/c13-12(14,15)10-18-8-2-6-16-5-1-3-11(9-16)4-7-17/h11,17H,1-10H2. The zero-order valence-electron chi connectivity index (χ0n) is 10.6. The van der Waals surface area contributed by atoms with Crippen molar-refractivity contribution < 1.29 is 23.0 Å². The minimum atomic E-state index is -4.22. The summed E-state index contributed by atoms with van der Waals surface area (Å²) in [6, 6.07) is 0. The molecule has 6 heteroatoms. The lowest BCUT2D eigenvalue weighted by Crippen LogP contribution is -2.36. The number of ether oxygens (including phenoxy) is 1. The molecule has 1 aliphatic rings. The number of piperidine rings is 1. The summed E-state index contributed by atoms with van der Waals surface area (Å²) in [6.07, 6.45) is -0.532. The lowest BCUT2D eigenvalue weighted by molar-refractivity contribution is -0.174. The van der Waals surface area contributed by atoms with Crippen LogP contribution in [0.15, 0.2) is 0 Å². The molecule has 1 unspecified atom stereocenters. The van der Waals surface area contributed by atoms with E-state index in [9.17, 15) is 13.2 Å². The van der Waals surface area contributed by atoms with Crippen LogP contribution in [0.4, 0.5) is 13.2 Å². The molecule has 1 fully saturated rings. The Morgan fingerprint density at radius 1 is 1.33 bits per heavy atom. The quantitative estimate of drug-likeness (QED) is 0.718. The van der Waals surface area contributed by atoms with Gasteiger partial charge in [-0.1, -0.05) is 0 Å². The van der Waals surface area contributed by atoms with E-state index in [1.165, 1.54) is 0 Å². The normalized spacial score (nSPS) is 22.3. The Morgan fingerprint density at radius 3 is 2.78 bits per heavy atom. The molecule has 1 atom stereocenters. The second-order valence-electron chi connectivity index (χ2n) is 4.84. The molecule has 1 rings (SSSR count). The molecule has 0 spiro atoms. The molecule has 18 heavy (non-hydrogen) atoms. The van der Waals surface area contributed by atoms with Crippen LogP contribution >= 0.6 is 0 Å². The fourth-order valence-electron chi connectivity index (χ4n) is 2.35. The third-order valence-corrected chi connectivity index (χ3v) is 3.17. The molecule has 1 N–H and O–H groups in total. The van der Waals surface area contributed by atoms with Crippen LogP contribution < -0.4 is 0 Å². The van der Waals surface area contributed by atoms with Crippen molar-refractivity contribution in [1.29, 1.82) is 0 Å². The molecule has 0 aromatic heterocycles. The van der Waals surface area contributed by atoms with Crippen molar-refractivity contribution in [2.24, 2.45) is 5.92 Å². The summed E-state index contributed by atoms with van der Waals surface area (Å²) < 4.78 is 40.0. The number of aliphatic hydroxyl groups is 1. The highest BCUT2D eigenvalue weighted by Crippen LogP contribution is 2.19. The Kier molecular flexibility index (Phi) is 6.96. The Hall–Kier alpha value is -0.330. The second-order valence-corrected chi connectivity index (χ2v) is 4.84. The predicted octanol–water partition coefficient (Wildman–Crippen LogP) is 2.05. The number of rotatable bonds is 7. The van der Waals surface area contributed by atoms with Crippen LogP contribution in [-0.2, 0) is 4.74 Å². The molecular weight excluding hydrogens is 247 g/mol. The SMILES string of the molecule is OCCC1CCCN(CCCOCC(F)(F)F)C1. The van der Waals surface area contributed by atoms with Crippen LogP contribution in [0.3, 0.4) is 0 Å². The first kappa shape index (κ1) is 15.7. The zero-order valence-corrected chi connectivity index (χ0v) is 10.6. The first-order valence-electron chi connectivity index (χ1n) is 6.49. The lowest BCUT2D eigenvalue weighted by atomic mass is 9.95. The van der Waals surface area contributed by atoms with Gasteiger partial charge < -0.3 is 14.7 Å². The Balaban J connectivity index is 2.04. The van der Waals surface area contributed by atoms with E-state index >= 15 is 0 Å². The van der Waals surface area contributed by atoms with Crippen LogP contribution in [0.2, 0.25) is 0 Å². The van der Waals surface area contributed by atoms with E-state index in [0.29, 0.717) is 12.3 Å². The van der Waals surface area contributed by atoms with Crippen molar-refractivity contribution in [2.45, 2.75) is 31.9 Å². The summed E-state index contributed by atoms with van der Waals surface area (Å²) in [4.78, 5) is 2.25. The van der Waals surface area contributed by atoms with E-state index in [1.54, 1.807) is 0 Å². The van der Waals surface area contributed by atoms with Crippen LogP contribution in [-0.4, -0.2) is 55.6 Å². The Bertz CT molecular complexity index is 222. The fourth-order valence-corrected chi connectivity index (χ4v) is 2.35. The number of halogens is 3. The first-order valence-corrected chi connectivity index (χ1v) is 6.49. The summed E-state index contributed by atoms with van der Waals surface area (Å²) in [5.74, 6) is 0.528. The minimum Gasteiger partial charge on any atom is -0.396 e. The van der Waals surface area contributed by atoms with Crippen molar-refractivity contribution in [2.75, 3.05) is 39.5 Å². The number of likely N-dealkylation sites (tertiary alicyclic amines) is 1. The van der Waals surface area contributed by atoms with E-state index in [-0.39, 0.29) is 13.2 Å². The highest BCUT2D eigenvalue weighted by atomic mass is 19.4. The molecule has 0 aromatic rings. The van der Waals surface area contributed by atoms with Gasteiger partial charge in [0.1, 0.15) is 6.61 Å². The molecule has 0 saturated carbocycles. The lowest BCUT2D eigenvalue weighted by Gasteiger charge is -2.32. The predicted molar refractivity (Wildman–Crippen MR) is 62.4 cm³/mol. The summed E-state index contributed by atoms with van der Waals surface area (Å²) in [5, 5.41) is 8.88. The van der Waals surface area contributed by atoms with Gasteiger partial charge in [-0.25, -0.2) is 0 Å². The monoisotopic (exact) mass is 269 g/mol. The van der Waals surface area contributed by atoms with Gasteiger partial charge in [-0.3, -0.25) is 0 Å². The minimum absolute atomic E-state index is 0.153. The van der Waals surface area contributed by atoms with E-state index in [1.807, 2.05) is 0 Å².